The Morgan fingerprint density at radius 3 is 3.04 bits per heavy atom. The fourth-order valence-electron chi connectivity index (χ4n) is 4.43. The van der Waals surface area contributed by atoms with Gasteiger partial charge in [0.1, 0.15) is 0 Å². The van der Waals surface area contributed by atoms with Crippen molar-refractivity contribution in [1.29, 1.82) is 0 Å². The van der Waals surface area contributed by atoms with E-state index in [1.165, 1.54) is 6.42 Å². The lowest BCUT2D eigenvalue weighted by Gasteiger charge is -2.50. The number of ether oxygens (including phenoxy) is 2. The smallest absolute Gasteiger partial charge is 0.249 e. The third kappa shape index (κ3) is 4.63. The van der Waals surface area contributed by atoms with Crippen LogP contribution in [-0.4, -0.2) is 75.4 Å². The zero-order valence-corrected chi connectivity index (χ0v) is 16.0. The lowest BCUT2D eigenvalue weighted by atomic mass is 9.72. The molecule has 0 bridgehead atoms. The molecule has 0 aromatic heterocycles. The summed E-state index contributed by atoms with van der Waals surface area (Å²) in [5.41, 5.74) is 1.01. The predicted octanol–water partition coefficient (Wildman–Crippen LogP) is 2.46. The van der Waals surface area contributed by atoms with Crippen molar-refractivity contribution in [2.75, 3.05) is 53.6 Å². The maximum atomic E-state index is 13.0. The van der Waals surface area contributed by atoms with Crippen LogP contribution in [0.5, 0.6) is 0 Å². The van der Waals surface area contributed by atoms with Crippen LogP contribution in [0.1, 0.15) is 44.9 Å². The molecule has 25 heavy (non-hydrogen) atoms. The van der Waals surface area contributed by atoms with Gasteiger partial charge in [0.25, 0.3) is 0 Å². The number of likely N-dealkylation sites (tertiary alicyclic amines) is 1. The van der Waals surface area contributed by atoms with Gasteiger partial charge in [0.05, 0.1) is 19.3 Å². The highest BCUT2D eigenvalue weighted by atomic mass is 16.5. The van der Waals surface area contributed by atoms with Gasteiger partial charge in [0.15, 0.2) is 0 Å². The summed E-state index contributed by atoms with van der Waals surface area (Å²) in [7, 11) is 4.13. The largest absolute Gasteiger partial charge is 0.379 e. The number of piperidine rings is 1. The summed E-state index contributed by atoms with van der Waals surface area (Å²) in [6.07, 6.45) is 9.88. The third-order valence-corrected chi connectivity index (χ3v) is 5.91. The Labute approximate surface area is 152 Å². The van der Waals surface area contributed by atoms with E-state index in [1.807, 2.05) is 0 Å². The van der Waals surface area contributed by atoms with E-state index >= 15 is 0 Å². The average Bonchev–Trinajstić information content (AvgIpc) is 2.65. The number of hydrogen-bond donors (Lipinski definition) is 0. The maximum absolute atomic E-state index is 13.0. The molecular formula is C20H34N2O3. The van der Waals surface area contributed by atoms with Gasteiger partial charge in [-0.1, -0.05) is 6.08 Å². The second kappa shape index (κ2) is 8.65. The highest BCUT2D eigenvalue weighted by Crippen LogP contribution is 2.41. The lowest BCUT2D eigenvalue weighted by molar-refractivity contribution is -0.162. The number of carbonyl (C=O) groups is 1. The fourth-order valence-corrected chi connectivity index (χ4v) is 4.43. The summed E-state index contributed by atoms with van der Waals surface area (Å²) in [4.78, 5) is 17.2. The number of allylic oxidation sites excluding steroid dienone is 1. The van der Waals surface area contributed by atoms with Gasteiger partial charge in [-0.3, -0.25) is 4.79 Å². The van der Waals surface area contributed by atoms with E-state index in [2.05, 4.69) is 30.0 Å². The highest BCUT2D eigenvalue weighted by molar-refractivity contribution is 5.93. The van der Waals surface area contributed by atoms with E-state index in [0.29, 0.717) is 6.61 Å². The van der Waals surface area contributed by atoms with E-state index in [0.717, 1.165) is 76.9 Å². The van der Waals surface area contributed by atoms with Crippen LogP contribution in [0.25, 0.3) is 0 Å². The molecule has 0 N–H and O–H groups in total. The first-order valence-corrected chi connectivity index (χ1v) is 9.93. The van der Waals surface area contributed by atoms with Gasteiger partial charge in [-0.05, 0) is 59.0 Å². The average molecular weight is 351 g/mol. The van der Waals surface area contributed by atoms with Crippen molar-refractivity contribution in [2.24, 2.45) is 5.41 Å². The van der Waals surface area contributed by atoms with Crippen LogP contribution in [0.3, 0.4) is 0 Å². The van der Waals surface area contributed by atoms with Crippen molar-refractivity contribution in [1.82, 2.24) is 9.80 Å². The number of nitrogens with zero attached hydrogens (tertiary/aromatic N) is 2. The number of rotatable bonds is 6. The van der Waals surface area contributed by atoms with Gasteiger partial charge in [-0.2, -0.15) is 0 Å². The second-order valence-corrected chi connectivity index (χ2v) is 8.17. The molecule has 2 saturated heterocycles. The summed E-state index contributed by atoms with van der Waals surface area (Å²) in [5, 5.41) is 0. The molecule has 142 valence electrons. The van der Waals surface area contributed by atoms with Gasteiger partial charge in [0, 0.05) is 37.2 Å². The van der Waals surface area contributed by atoms with E-state index in [1.54, 1.807) is 0 Å². The standard InChI is InChI=1S/C20H34N2O3/c1-21(2)12-14-24-16-20-10-6-13-25-18(20)9-11-22(15-20)19(23)17-7-4-3-5-8-17/h7,18H,3-6,8-16H2,1-2H3/t18-,20+/m1/s1. The molecule has 1 amide bonds. The Morgan fingerprint density at radius 1 is 1.40 bits per heavy atom. The topological polar surface area (TPSA) is 42.0 Å². The minimum atomic E-state index is -0.0201. The predicted molar refractivity (Wildman–Crippen MR) is 98.5 cm³/mol. The van der Waals surface area contributed by atoms with Gasteiger partial charge >= 0.3 is 0 Å². The van der Waals surface area contributed by atoms with Crippen LogP contribution in [0.15, 0.2) is 11.6 Å². The van der Waals surface area contributed by atoms with Crippen molar-refractivity contribution in [2.45, 2.75) is 51.0 Å². The first kappa shape index (κ1) is 18.9. The van der Waals surface area contributed by atoms with E-state index in [9.17, 15) is 4.79 Å². The molecule has 0 unspecified atom stereocenters. The van der Waals surface area contributed by atoms with E-state index in [4.69, 9.17) is 9.47 Å². The van der Waals surface area contributed by atoms with Crippen LogP contribution in [0.2, 0.25) is 0 Å². The molecule has 3 rings (SSSR count). The second-order valence-electron chi connectivity index (χ2n) is 8.17. The first-order valence-electron chi connectivity index (χ1n) is 9.93. The van der Waals surface area contributed by atoms with Crippen molar-refractivity contribution in [3.05, 3.63) is 11.6 Å². The number of fused-ring (bicyclic) bond motifs is 1. The van der Waals surface area contributed by atoms with Crippen LogP contribution >= 0.6 is 0 Å². The summed E-state index contributed by atoms with van der Waals surface area (Å²) >= 11 is 0. The van der Waals surface area contributed by atoms with Crippen LogP contribution in [0, 0.1) is 5.41 Å². The molecule has 0 saturated carbocycles. The van der Waals surface area contributed by atoms with Gasteiger partial charge < -0.3 is 19.3 Å². The van der Waals surface area contributed by atoms with Gasteiger partial charge in [0.2, 0.25) is 5.91 Å². The Kier molecular flexibility index (Phi) is 6.53. The number of likely N-dealkylation sites (N-methyl/N-ethyl adjacent to an activating group) is 1. The zero-order chi connectivity index (χ0) is 17.7. The molecule has 2 atom stereocenters. The lowest BCUT2D eigenvalue weighted by Crippen LogP contribution is -2.58. The summed E-state index contributed by atoms with van der Waals surface area (Å²) in [6, 6.07) is 0. The van der Waals surface area contributed by atoms with Crippen LogP contribution in [-0.2, 0) is 14.3 Å². The Bertz CT molecular complexity index is 491. The maximum Gasteiger partial charge on any atom is 0.249 e. The van der Waals surface area contributed by atoms with Gasteiger partial charge in [-0.25, -0.2) is 0 Å². The molecule has 0 aromatic carbocycles. The van der Waals surface area contributed by atoms with Crippen molar-refractivity contribution in [3.63, 3.8) is 0 Å². The SMILES string of the molecule is CN(C)CCOC[C@@]12CCCO[C@@H]1CCN(C(=O)C1=CCCCC1)C2. The monoisotopic (exact) mass is 350 g/mol. The van der Waals surface area contributed by atoms with Gasteiger partial charge in [-0.15, -0.1) is 0 Å². The molecule has 1 aliphatic carbocycles. The normalized spacial score (nSPS) is 30.1. The molecule has 0 spiro atoms. The molecule has 3 aliphatic rings. The van der Waals surface area contributed by atoms with Crippen molar-refractivity contribution < 1.29 is 14.3 Å². The molecule has 5 heteroatoms. The molecule has 2 heterocycles. The quantitative estimate of drug-likeness (QED) is 0.690. The minimum Gasteiger partial charge on any atom is -0.379 e. The Hall–Kier alpha value is -0.910. The Morgan fingerprint density at radius 2 is 2.28 bits per heavy atom. The van der Waals surface area contributed by atoms with Crippen molar-refractivity contribution >= 4 is 5.91 Å². The molecule has 5 nitrogen and oxygen atoms in total. The fraction of sp³-hybridized carbons (Fsp3) is 0.850. The third-order valence-electron chi connectivity index (χ3n) is 5.91. The molecule has 0 radical (unpaired) electrons. The molecule has 0 aromatic rings. The molecule has 2 fully saturated rings. The number of amides is 1. The summed E-state index contributed by atoms with van der Waals surface area (Å²) in [6.45, 7) is 4.82. The first-order chi connectivity index (χ1) is 12.1. The van der Waals surface area contributed by atoms with E-state index < -0.39 is 0 Å². The van der Waals surface area contributed by atoms with E-state index in [-0.39, 0.29) is 17.4 Å². The van der Waals surface area contributed by atoms with Crippen molar-refractivity contribution in [3.8, 4) is 0 Å². The van der Waals surface area contributed by atoms with Crippen LogP contribution < -0.4 is 0 Å². The number of carbonyl (C=O) groups excluding carboxylic acids is 1. The summed E-state index contributed by atoms with van der Waals surface area (Å²) < 4.78 is 12.1. The molecular weight excluding hydrogens is 316 g/mol. The zero-order valence-electron chi connectivity index (χ0n) is 16.0. The minimum absolute atomic E-state index is 0.0201. The highest BCUT2D eigenvalue weighted by Gasteiger charge is 2.47. The Balaban J connectivity index is 1.64. The number of hydrogen-bond acceptors (Lipinski definition) is 4. The summed E-state index contributed by atoms with van der Waals surface area (Å²) in [5.74, 6) is 0.261. The van der Waals surface area contributed by atoms with Crippen LogP contribution in [0.4, 0.5) is 0 Å². The molecule has 2 aliphatic heterocycles.